The average molecular weight is 278 g/mol. The van der Waals surface area contributed by atoms with Gasteiger partial charge in [0.15, 0.2) is 0 Å². The van der Waals surface area contributed by atoms with Crippen molar-refractivity contribution in [3.05, 3.63) is 18.7 Å². The summed E-state index contributed by atoms with van der Waals surface area (Å²) < 4.78 is 2.02. The van der Waals surface area contributed by atoms with E-state index in [1.165, 1.54) is 19.3 Å². The molecule has 5 nitrogen and oxygen atoms in total. The number of urea groups is 1. The average Bonchev–Trinajstić information content (AvgIpc) is 2.90. The summed E-state index contributed by atoms with van der Waals surface area (Å²) in [5, 5.41) is 3.16. The summed E-state index contributed by atoms with van der Waals surface area (Å²) in [4.78, 5) is 18.4. The van der Waals surface area contributed by atoms with Gasteiger partial charge in [-0.05, 0) is 19.3 Å². The van der Waals surface area contributed by atoms with Gasteiger partial charge in [0, 0.05) is 38.1 Å². The van der Waals surface area contributed by atoms with Gasteiger partial charge in [-0.1, -0.05) is 26.2 Å². The van der Waals surface area contributed by atoms with Gasteiger partial charge >= 0.3 is 6.03 Å². The molecule has 20 heavy (non-hydrogen) atoms. The van der Waals surface area contributed by atoms with Crippen LogP contribution in [0.1, 0.15) is 45.4 Å². The van der Waals surface area contributed by atoms with Gasteiger partial charge in [0.2, 0.25) is 0 Å². The molecule has 1 aromatic rings. The van der Waals surface area contributed by atoms with Gasteiger partial charge in [-0.2, -0.15) is 0 Å². The Morgan fingerprint density at radius 1 is 1.25 bits per heavy atom. The molecule has 1 aliphatic rings. The second kappa shape index (κ2) is 7.92. The van der Waals surface area contributed by atoms with Crippen molar-refractivity contribution < 1.29 is 4.79 Å². The monoisotopic (exact) mass is 278 g/mol. The summed E-state index contributed by atoms with van der Waals surface area (Å²) in [7, 11) is 0. The highest BCUT2D eigenvalue weighted by Gasteiger charge is 2.17. The smallest absolute Gasteiger partial charge is 0.317 e. The lowest BCUT2D eigenvalue weighted by molar-refractivity contribution is 0.186. The van der Waals surface area contributed by atoms with Gasteiger partial charge in [0.1, 0.15) is 0 Å². The van der Waals surface area contributed by atoms with Crippen LogP contribution >= 0.6 is 0 Å². The van der Waals surface area contributed by atoms with Crippen LogP contribution in [0.15, 0.2) is 18.7 Å². The molecule has 5 heteroatoms. The maximum atomic E-state index is 12.4. The molecule has 0 aromatic carbocycles. The Morgan fingerprint density at radius 3 is 2.55 bits per heavy atom. The Bertz CT molecular complexity index is 383. The van der Waals surface area contributed by atoms with Crippen LogP contribution in [0.2, 0.25) is 0 Å². The number of carbonyl (C=O) groups excluding carboxylic acids is 1. The van der Waals surface area contributed by atoms with Crippen molar-refractivity contribution in [2.75, 3.05) is 13.1 Å². The molecule has 0 saturated carbocycles. The quantitative estimate of drug-likeness (QED) is 0.920. The second-order valence-corrected chi connectivity index (χ2v) is 5.57. The van der Waals surface area contributed by atoms with Crippen molar-refractivity contribution in [2.45, 2.75) is 58.0 Å². The maximum Gasteiger partial charge on any atom is 0.317 e. The van der Waals surface area contributed by atoms with Gasteiger partial charge in [0.25, 0.3) is 0 Å². The van der Waals surface area contributed by atoms with Crippen LogP contribution in [0, 0.1) is 0 Å². The first-order valence-corrected chi connectivity index (χ1v) is 7.80. The number of amides is 2. The Kier molecular flexibility index (Phi) is 5.89. The first-order chi connectivity index (χ1) is 9.79. The van der Waals surface area contributed by atoms with Crippen molar-refractivity contribution in [1.82, 2.24) is 19.8 Å². The van der Waals surface area contributed by atoms with Crippen LogP contribution in [0.3, 0.4) is 0 Å². The molecule has 1 saturated heterocycles. The Morgan fingerprint density at radius 2 is 1.95 bits per heavy atom. The van der Waals surface area contributed by atoms with Gasteiger partial charge in [-0.3, -0.25) is 0 Å². The van der Waals surface area contributed by atoms with Gasteiger partial charge in [0.05, 0.1) is 6.33 Å². The van der Waals surface area contributed by atoms with Crippen LogP contribution in [0.25, 0.3) is 0 Å². The molecule has 2 amide bonds. The molecule has 0 aliphatic carbocycles. The van der Waals surface area contributed by atoms with Gasteiger partial charge < -0.3 is 14.8 Å². The number of hydrogen-bond acceptors (Lipinski definition) is 2. The molecule has 1 atom stereocenters. The number of rotatable bonds is 4. The zero-order valence-electron chi connectivity index (χ0n) is 12.4. The fraction of sp³-hybridized carbons (Fsp3) is 0.733. The molecule has 2 rings (SSSR count). The third-order valence-corrected chi connectivity index (χ3v) is 3.95. The van der Waals surface area contributed by atoms with Crippen LogP contribution in [0.5, 0.6) is 0 Å². The molecular weight excluding hydrogens is 252 g/mol. The van der Waals surface area contributed by atoms with E-state index in [2.05, 4.69) is 17.2 Å². The zero-order chi connectivity index (χ0) is 14.2. The van der Waals surface area contributed by atoms with E-state index in [9.17, 15) is 4.79 Å². The lowest BCUT2D eigenvalue weighted by Gasteiger charge is -2.27. The molecule has 0 bridgehead atoms. The van der Waals surface area contributed by atoms with Crippen LogP contribution in [0.4, 0.5) is 4.79 Å². The lowest BCUT2D eigenvalue weighted by Crippen LogP contribution is -2.47. The third-order valence-electron chi connectivity index (χ3n) is 3.95. The number of hydrogen-bond donors (Lipinski definition) is 1. The van der Waals surface area contributed by atoms with E-state index in [0.29, 0.717) is 0 Å². The van der Waals surface area contributed by atoms with E-state index < -0.39 is 0 Å². The topological polar surface area (TPSA) is 50.2 Å². The predicted molar refractivity (Wildman–Crippen MR) is 79.5 cm³/mol. The number of likely N-dealkylation sites (tertiary alicyclic amines) is 1. The molecular formula is C15H26N4O. The summed E-state index contributed by atoms with van der Waals surface area (Å²) in [6, 6.07) is 0.265. The Hall–Kier alpha value is -1.52. The van der Waals surface area contributed by atoms with Crippen molar-refractivity contribution in [3.63, 3.8) is 0 Å². The molecule has 1 aromatic heterocycles. The van der Waals surface area contributed by atoms with Gasteiger partial charge in [-0.25, -0.2) is 9.78 Å². The largest absolute Gasteiger partial charge is 0.335 e. The summed E-state index contributed by atoms with van der Waals surface area (Å²) in [6.07, 6.45) is 12.5. The second-order valence-electron chi connectivity index (χ2n) is 5.57. The van der Waals surface area contributed by atoms with Crippen molar-refractivity contribution in [2.24, 2.45) is 0 Å². The van der Waals surface area contributed by atoms with E-state index in [0.717, 1.165) is 38.9 Å². The highest BCUT2D eigenvalue weighted by molar-refractivity contribution is 5.74. The maximum absolute atomic E-state index is 12.4. The summed E-state index contributed by atoms with van der Waals surface area (Å²) >= 11 is 0. The minimum absolute atomic E-state index is 0.0962. The van der Waals surface area contributed by atoms with E-state index in [4.69, 9.17) is 0 Å². The number of imidazole rings is 1. The molecule has 2 heterocycles. The van der Waals surface area contributed by atoms with E-state index in [1.807, 2.05) is 15.7 Å². The minimum atomic E-state index is 0.0962. The number of aromatic nitrogens is 2. The summed E-state index contributed by atoms with van der Waals surface area (Å²) in [6.45, 7) is 4.69. The molecule has 0 radical (unpaired) electrons. The van der Waals surface area contributed by atoms with Crippen LogP contribution in [-0.2, 0) is 6.54 Å². The van der Waals surface area contributed by atoms with Crippen molar-refractivity contribution >= 4 is 6.03 Å². The molecule has 1 fully saturated rings. The highest BCUT2D eigenvalue weighted by Crippen LogP contribution is 2.11. The third kappa shape index (κ3) is 4.54. The molecule has 1 N–H and O–H groups in total. The first kappa shape index (κ1) is 14.9. The normalized spacial score (nSPS) is 18.1. The van der Waals surface area contributed by atoms with E-state index in [1.54, 1.807) is 12.5 Å². The summed E-state index contributed by atoms with van der Waals surface area (Å²) in [5.74, 6) is 0. The minimum Gasteiger partial charge on any atom is -0.335 e. The van der Waals surface area contributed by atoms with E-state index in [-0.39, 0.29) is 12.1 Å². The zero-order valence-corrected chi connectivity index (χ0v) is 12.4. The Labute approximate surface area is 121 Å². The van der Waals surface area contributed by atoms with Gasteiger partial charge in [-0.15, -0.1) is 0 Å². The van der Waals surface area contributed by atoms with Crippen molar-refractivity contribution in [1.29, 1.82) is 0 Å². The molecule has 0 spiro atoms. The fourth-order valence-corrected chi connectivity index (χ4v) is 2.64. The number of nitrogens with zero attached hydrogens (tertiary/aromatic N) is 3. The molecule has 112 valence electrons. The summed E-state index contributed by atoms with van der Waals surface area (Å²) in [5.41, 5.74) is 0. The highest BCUT2D eigenvalue weighted by atomic mass is 16.2. The standard InChI is InChI=1S/C15H26N4O/c1-2-14(12-18-11-8-16-13-18)17-15(20)19-9-6-4-3-5-7-10-19/h8,11,13-14H,2-7,9-10,12H2,1H3,(H,17,20)/t14-/m1/s1. The van der Waals surface area contributed by atoms with Crippen molar-refractivity contribution in [3.8, 4) is 0 Å². The molecule has 1 aliphatic heterocycles. The van der Waals surface area contributed by atoms with Crippen LogP contribution < -0.4 is 5.32 Å². The Balaban J connectivity index is 1.83. The SMILES string of the molecule is CC[C@H](Cn1ccnc1)NC(=O)N1CCCCCCC1. The first-order valence-electron chi connectivity index (χ1n) is 7.80. The predicted octanol–water partition coefficient (Wildman–Crippen LogP) is 2.64. The van der Waals surface area contributed by atoms with Crippen LogP contribution in [-0.4, -0.2) is 39.6 Å². The molecule has 0 unspecified atom stereocenters. The lowest BCUT2D eigenvalue weighted by atomic mass is 10.1. The van der Waals surface area contributed by atoms with E-state index >= 15 is 0 Å². The number of nitrogens with one attached hydrogen (secondary N) is 1. The fourth-order valence-electron chi connectivity index (χ4n) is 2.64. The number of carbonyl (C=O) groups is 1.